The number of anilines is 1. The Kier molecular flexibility index (Phi) is 3.48. The third-order valence-corrected chi connectivity index (χ3v) is 3.91. The van der Waals surface area contributed by atoms with E-state index in [1.54, 1.807) is 0 Å². The number of ether oxygens (including phenoxy) is 1. The number of aromatic nitrogens is 4. The summed E-state index contributed by atoms with van der Waals surface area (Å²) in [6.07, 6.45) is -4.57. The van der Waals surface area contributed by atoms with Gasteiger partial charge in [0.15, 0.2) is 0 Å². The van der Waals surface area contributed by atoms with E-state index in [0.29, 0.717) is 0 Å². The zero-order chi connectivity index (χ0) is 15.3. The molecule has 0 bridgehead atoms. The van der Waals surface area contributed by atoms with Gasteiger partial charge in [-0.3, -0.25) is 0 Å². The molecule has 0 saturated carbocycles. The topological polar surface area (TPSA) is 160 Å². The Morgan fingerprint density at radius 2 is 2.10 bits per heavy atom. The first kappa shape index (κ1) is 14.4. The number of aromatic amines is 1. The van der Waals surface area contributed by atoms with Crippen LogP contribution in [0.3, 0.4) is 0 Å². The van der Waals surface area contributed by atoms with Crippen molar-refractivity contribution in [2.24, 2.45) is 0 Å². The Labute approximate surface area is 125 Å². The van der Waals surface area contributed by atoms with E-state index in [9.17, 15) is 15.0 Å². The third-order valence-electron chi connectivity index (χ3n) is 3.31. The predicted octanol–water partition coefficient (Wildman–Crippen LogP) is -3.89. The molecule has 0 unspecified atom stereocenters. The summed E-state index contributed by atoms with van der Waals surface area (Å²) in [4.78, 5) is 22.1. The molecular formula is C10H12N5O5Se. The summed E-state index contributed by atoms with van der Waals surface area (Å²) in [6, 6.07) is 0. The van der Waals surface area contributed by atoms with Crippen molar-refractivity contribution in [3.8, 4) is 0 Å². The SMILES string of the molecule is Nc1nc2c(nc([Se])n2[C@@H]2O[C@H](CO)[C@@H](O)[C@H]2O)c(=O)[nH]1. The number of H-pyrrole nitrogens is 1. The molecule has 1 aliphatic heterocycles. The van der Waals surface area contributed by atoms with Gasteiger partial charge in [0.25, 0.3) is 0 Å². The molecule has 3 heterocycles. The van der Waals surface area contributed by atoms with Crippen molar-refractivity contribution in [1.82, 2.24) is 19.5 Å². The van der Waals surface area contributed by atoms with E-state index in [-0.39, 0.29) is 21.8 Å². The van der Waals surface area contributed by atoms with Crippen molar-refractivity contribution < 1.29 is 20.1 Å². The van der Waals surface area contributed by atoms with E-state index >= 15 is 0 Å². The van der Waals surface area contributed by atoms with Crippen LogP contribution in [-0.2, 0) is 4.74 Å². The van der Waals surface area contributed by atoms with Gasteiger partial charge < -0.3 is 0 Å². The second-order valence-electron chi connectivity index (χ2n) is 4.62. The van der Waals surface area contributed by atoms with Crippen LogP contribution < -0.4 is 16.0 Å². The Hall–Kier alpha value is -1.49. The van der Waals surface area contributed by atoms with E-state index in [1.165, 1.54) is 4.57 Å². The summed E-state index contributed by atoms with van der Waals surface area (Å²) >= 11 is 2.63. The fraction of sp³-hybridized carbons (Fsp3) is 0.500. The number of nitrogens with zero attached hydrogens (tertiary/aromatic N) is 3. The molecule has 1 aliphatic rings. The summed E-state index contributed by atoms with van der Waals surface area (Å²) < 4.78 is 6.97. The molecule has 21 heavy (non-hydrogen) atoms. The van der Waals surface area contributed by atoms with Gasteiger partial charge >= 0.3 is 125 Å². The van der Waals surface area contributed by atoms with Crippen molar-refractivity contribution in [2.45, 2.75) is 24.5 Å². The summed E-state index contributed by atoms with van der Waals surface area (Å²) in [6.45, 7) is -0.458. The summed E-state index contributed by atoms with van der Waals surface area (Å²) in [5, 5.41) is 29.0. The van der Waals surface area contributed by atoms with Gasteiger partial charge in [0.05, 0.1) is 0 Å². The number of hydrogen-bond acceptors (Lipinski definition) is 8. The first-order chi connectivity index (χ1) is 9.93. The molecule has 1 fully saturated rings. The molecule has 0 aromatic carbocycles. The predicted molar refractivity (Wildman–Crippen MR) is 71.0 cm³/mol. The fourth-order valence-electron chi connectivity index (χ4n) is 2.30. The Morgan fingerprint density at radius 3 is 2.71 bits per heavy atom. The number of imidazole rings is 1. The van der Waals surface area contributed by atoms with Crippen LogP contribution in [0, 0.1) is 0 Å². The van der Waals surface area contributed by atoms with Gasteiger partial charge in [0.2, 0.25) is 0 Å². The van der Waals surface area contributed by atoms with Crippen molar-refractivity contribution in [1.29, 1.82) is 0 Å². The first-order valence-electron chi connectivity index (χ1n) is 6.01. The molecule has 11 heteroatoms. The van der Waals surface area contributed by atoms with Crippen molar-refractivity contribution in [3.63, 3.8) is 0 Å². The Balaban J connectivity index is 2.17. The number of nitrogens with two attached hydrogens (primary N) is 1. The summed E-state index contributed by atoms with van der Waals surface area (Å²) in [7, 11) is 0. The van der Waals surface area contributed by atoms with Gasteiger partial charge in [0.1, 0.15) is 0 Å². The molecule has 2 aromatic rings. The van der Waals surface area contributed by atoms with E-state index in [4.69, 9.17) is 15.6 Å². The zero-order valence-electron chi connectivity index (χ0n) is 10.5. The van der Waals surface area contributed by atoms with Gasteiger partial charge in [-0.05, 0) is 0 Å². The van der Waals surface area contributed by atoms with Crippen molar-refractivity contribution in [3.05, 3.63) is 10.4 Å². The second-order valence-corrected chi connectivity index (χ2v) is 5.38. The first-order valence-corrected chi connectivity index (χ1v) is 6.87. The quantitative estimate of drug-likeness (QED) is 0.340. The molecule has 113 valence electrons. The normalized spacial score (nSPS) is 29.3. The molecule has 10 nitrogen and oxygen atoms in total. The maximum absolute atomic E-state index is 11.8. The van der Waals surface area contributed by atoms with Crippen LogP contribution in [0.2, 0.25) is 0 Å². The number of nitrogen functional groups attached to an aromatic ring is 1. The minimum absolute atomic E-state index is 0.0238. The number of nitrogens with one attached hydrogen (secondary N) is 1. The molecule has 4 atom stereocenters. The van der Waals surface area contributed by atoms with Gasteiger partial charge in [0, 0.05) is 0 Å². The molecule has 6 N–H and O–H groups in total. The van der Waals surface area contributed by atoms with Crippen LogP contribution in [-0.4, -0.2) is 75.8 Å². The summed E-state index contributed by atoms with van der Waals surface area (Å²) in [5.41, 5.74) is 5.11. The molecule has 0 spiro atoms. The number of rotatable bonds is 2. The second kappa shape index (κ2) is 5.05. The summed E-state index contributed by atoms with van der Waals surface area (Å²) in [5.74, 6) is -0.111. The van der Waals surface area contributed by atoms with Crippen LogP contribution in [0.4, 0.5) is 5.95 Å². The van der Waals surface area contributed by atoms with Gasteiger partial charge in [-0.1, -0.05) is 0 Å². The van der Waals surface area contributed by atoms with E-state index in [2.05, 4.69) is 31.0 Å². The zero-order valence-corrected chi connectivity index (χ0v) is 12.2. The molecule has 1 saturated heterocycles. The minimum atomic E-state index is -1.31. The number of aliphatic hydroxyl groups excluding tert-OH is 3. The van der Waals surface area contributed by atoms with Gasteiger partial charge in [-0.15, -0.1) is 0 Å². The van der Waals surface area contributed by atoms with E-state index < -0.39 is 36.7 Å². The van der Waals surface area contributed by atoms with E-state index in [1.807, 2.05) is 0 Å². The van der Waals surface area contributed by atoms with Crippen LogP contribution in [0.5, 0.6) is 0 Å². The van der Waals surface area contributed by atoms with Crippen LogP contribution in [0.1, 0.15) is 6.23 Å². The Morgan fingerprint density at radius 1 is 1.38 bits per heavy atom. The van der Waals surface area contributed by atoms with Gasteiger partial charge in [-0.2, -0.15) is 0 Å². The van der Waals surface area contributed by atoms with Crippen molar-refractivity contribution >= 4 is 37.8 Å². The molecule has 2 aromatic heterocycles. The van der Waals surface area contributed by atoms with E-state index in [0.717, 1.165) is 0 Å². The molecule has 0 amide bonds. The number of aliphatic hydroxyl groups is 3. The average Bonchev–Trinajstić information content (AvgIpc) is 2.89. The Bertz CT molecular complexity index is 745. The maximum atomic E-state index is 11.8. The fourth-order valence-corrected chi connectivity index (χ4v) is 2.89. The van der Waals surface area contributed by atoms with Crippen LogP contribution >= 0.6 is 0 Å². The monoisotopic (exact) mass is 362 g/mol. The third kappa shape index (κ3) is 2.14. The number of fused-ring (bicyclic) bond motifs is 1. The molecule has 1 radical (unpaired) electrons. The number of hydrogen-bond donors (Lipinski definition) is 5. The van der Waals surface area contributed by atoms with Crippen LogP contribution in [0.25, 0.3) is 11.2 Å². The standard InChI is InChI=1S/C10H12N5O5Se/c11-9-13-6-3(7(19)14-9)12-10(21)15(6)8-5(18)4(17)2(1-16)20-8/h2,4-5,8,16-18H,1H2,(H3,11,13,14,19)/t2-,4-,5-,8-/m1/s1. The molecular weight excluding hydrogens is 349 g/mol. The van der Waals surface area contributed by atoms with Crippen molar-refractivity contribution in [2.75, 3.05) is 12.3 Å². The average molecular weight is 361 g/mol. The molecule has 0 aliphatic carbocycles. The molecule has 3 rings (SSSR count). The van der Waals surface area contributed by atoms with Crippen LogP contribution in [0.15, 0.2) is 4.79 Å². The van der Waals surface area contributed by atoms with Gasteiger partial charge in [-0.25, -0.2) is 0 Å².